The fourth-order valence-electron chi connectivity index (χ4n) is 1.12. The maximum Gasteiger partial charge on any atom is 0.318 e. The minimum Gasteiger partial charge on any atom is -0.338 e. The van der Waals surface area contributed by atoms with Crippen molar-refractivity contribution in [2.24, 2.45) is 0 Å². The number of carbonyl (C=O) groups is 1. The van der Waals surface area contributed by atoms with E-state index in [9.17, 15) is 4.79 Å². The molecule has 0 radical (unpaired) electrons. The van der Waals surface area contributed by atoms with Gasteiger partial charge in [-0.1, -0.05) is 34.6 Å². The lowest BCUT2D eigenvalue weighted by atomic mass is 10.1. The van der Waals surface area contributed by atoms with Gasteiger partial charge in [0.05, 0.1) is 0 Å². The van der Waals surface area contributed by atoms with Gasteiger partial charge in [-0.2, -0.15) is 0 Å². The quantitative estimate of drug-likeness (QED) is 0.866. The number of nitrogens with one attached hydrogen (secondary N) is 2. The summed E-state index contributed by atoms with van der Waals surface area (Å²) < 4.78 is 1.06. The SMILES string of the molecule is C=CNC(=O)NCCc1ccc(Br)cc1. The van der Waals surface area contributed by atoms with Gasteiger partial charge in [0, 0.05) is 11.0 Å². The molecule has 0 unspecified atom stereocenters. The Morgan fingerprint density at radius 3 is 2.67 bits per heavy atom. The first-order valence-electron chi connectivity index (χ1n) is 4.62. The van der Waals surface area contributed by atoms with E-state index in [4.69, 9.17) is 0 Å². The van der Waals surface area contributed by atoms with E-state index in [1.807, 2.05) is 24.3 Å². The summed E-state index contributed by atoms with van der Waals surface area (Å²) in [5.74, 6) is 0. The second-order valence-electron chi connectivity index (χ2n) is 2.98. The molecule has 2 amide bonds. The zero-order chi connectivity index (χ0) is 11.1. The number of hydrogen-bond donors (Lipinski definition) is 2. The maximum atomic E-state index is 11.0. The lowest BCUT2D eigenvalue weighted by Gasteiger charge is -2.04. The van der Waals surface area contributed by atoms with Gasteiger partial charge in [0.1, 0.15) is 0 Å². The maximum absolute atomic E-state index is 11.0. The van der Waals surface area contributed by atoms with Crippen LogP contribution in [0.1, 0.15) is 5.56 Å². The highest BCUT2D eigenvalue weighted by Gasteiger charge is 1.96. The molecule has 0 heterocycles. The summed E-state index contributed by atoms with van der Waals surface area (Å²) in [6.07, 6.45) is 2.17. The molecule has 0 aromatic heterocycles. The van der Waals surface area contributed by atoms with Gasteiger partial charge in [-0.3, -0.25) is 0 Å². The third-order valence-electron chi connectivity index (χ3n) is 1.85. The molecule has 0 atom stereocenters. The molecule has 4 heteroatoms. The summed E-state index contributed by atoms with van der Waals surface area (Å²) in [5, 5.41) is 5.16. The van der Waals surface area contributed by atoms with E-state index in [0.29, 0.717) is 6.54 Å². The number of carbonyl (C=O) groups excluding carboxylic acids is 1. The lowest BCUT2D eigenvalue weighted by molar-refractivity contribution is 0.244. The number of amides is 2. The van der Waals surface area contributed by atoms with Crippen LogP contribution in [0.4, 0.5) is 4.79 Å². The van der Waals surface area contributed by atoms with Crippen molar-refractivity contribution >= 4 is 22.0 Å². The zero-order valence-electron chi connectivity index (χ0n) is 8.29. The van der Waals surface area contributed by atoms with E-state index in [0.717, 1.165) is 10.9 Å². The second-order valence-corrected chi connectivity index (χ2v) is 3.90. The van der Waals surface area contributed by atoms with Crippen LogP contribution < -0.4 is 10.6 Å². The summed E-state index contributed by atoms with van der Waals surface area (Å²) in [6, 6.07) is 7.80. The first-order valence-corrected chi connectivity index (χ1v) is 5.41. The van der Waals surface area contributed by atoms with E-state index in [1.165, 1.54) is 11.8 Å². The Morgan fingerprint density at radius 1 is 1.40 bits per heavy atom. The van der Waals surface area contributed by atoms with Crippen LogP contribution in [0, 0.1) is 0 Å². The van der Waals surface area contributed by atoms with Gasteiger partial charge in [0.2, 0.25) is 0 Å². The van der Waals surface area contributed by atoms with Crippen LogP contribution >= 0.6 is 15.9 Å². The van der Waals surface area contributed by atoms with Gasteiger partial charge in [0.25, 0.3) is 0 Å². The summed E-state index contributed by atoms with van der Waals surface area (Å²) in [7, 11) is 0. The van der Waals surface area contributed by atoms with Crippen molar-refractivity contribution in [2.75, 3.05) is 6.54 Å². The monoisotopic (exact) mass is 268 g/mol. The topological polar surface area (TPSA) is 41.1 Å². The average molecular weight is 269 g/mol. The Hall–Kier alpha value is -1.29. The molecule has 0 aliphatic carbocycles. The van der Waals surface area contributed by atoms with Crippen LogP contribution in [-0.4, -0.2) is 12.6 Å². The van der Waals surface area contributed by atoms with Crippen molar-refractivity contribution in [1.82, 2.24) is 10.6 Å². The molecular formula is C11H13BrN2O. The van der Waals surface area contributed by atoms with Crippen molar-refractivity contribution in [3.05, 3.63) is 47.1 Å². The zero-order valence-corrected chi connectivity index (χ0v) is 9.88. The van der Waals surface area contributed by atoms with Crippen molar-refractivity contribution in [2.45, 2.75) is 6.42 Å². The van der Waals surface area contributed by atoms with Gasteiger partial charge in [-0.05, 0) is 30.3 Å². The minimum absolute atomic E-state index is 0.220. The van der Waals surface area contributed by atoms with Gasteiger partial charge < -0.3 is 10.6 Å². The number of benzene rings is 1. The Bertz CT molecular complexity index is 335. The highest BCUT2D eigenvalue weighted by atomic mass is 79.9. The molecule has 1 aromatic rings. The largest absolute Gasteiger partial charge is 0.338 e. The van der Waals surface area contributed by atoms with Crippen LogP contribution in [-0.2, 0) is 6.42 Å². The fraction of sp³-hybridized carbons (Fsp3) is 0.182. The average Bonchev–Trinajstić information content (AvgIpc) is 2.21. The molecule has 15 heavy (non-hydrogen) atoms. The molecule has 1 rings (SSSR count). The van der Waals surface area contributed by atoms with E-state index in [2.05, 4.69) is 33.1 Å². The molecule has 0 bridgehead atoms. The normalized spacial score (nSPS) is 9.40. The molecule has 0 saturated heterocycles. The molecule has 0 spiro atoms. The number of rotatable bonds is 4. The van der Waals surface area contributed by atoms with Crippen LogP contribution in [0.15, 0.2) is 41.5 Å². The number of urea groups is 1. The molecule has 0 saturated carbocycles. The third-order valence-corrected chi connectivity index (χ3v) is 2.37. The van der Waals surface area contributed by atoms with Crippen molar-refractivity contribution in [3.63, 3.8) is 0 Å². The highest BCUT2D eigenvalue weighted by molar-refractivity contribution is 9.10. The van der Waals surface area contributed by atoms with E-state index < -0.39 is 0 Å². The molecule has 2 N–H and O–H groups in total. The third kappa shape index (κ3) is 4.65. The Kier molecular flexibility index (Phi) is 4.90. The van der Waals surface area contributed by atoms with Crippen LogP contribution in [0.25, 0.3) is 0 Å². The smallest absolute Gasteiger partial charge is 0.318 e. The van der Waals surface area contributed by atoms with E-state index >= 15 is 0 Å². The summed E-state index contributed by atoms with van der Waals surface area (Å²) >= 11 is 3.37. The first kappa shape index (κ1) is 11.8. The fourth-order valence-corrected chi connectivity index (χ4v) is 1.38. The molecule has 0 aliphatic heterocycles. The van der Waals surface area contributed by atoms with Crippen LogP contribution in [0.3, 0.4) is 0 Å². The first-order chi connectivity index (χ1) is 7.22. The molecular weight excluding hydrogens is 256 g/mol. The Balaban J connectivity index is 2.28. The minimum atomic E-state index is -0.220. The summed E-state index contributed by atoms with van der Waals surface area (Å²) in [4.78, 5) is 11.0. The number of halogens is 1. The van der Waals surface area contributed by atoms with Crippen molar-refractivity contribution in [1.29, 1.82) is 0 Å². The van der Waals surface area contributed by atoms with Crippen molar-refractivity contribution < 1.29 is 4.79 Å². The highest BCUT2D eigenvalue weighted by Crippen LogP contribution is 2.10. The predicted octanol–water partition coefficient (Wildman–Crippen LogP) is 2.43. The molecule has 0 fully saturated rings. The van der Waals surface area contributed by atoms with Crippen LogP contribution in [0.2, 0.25) is 0 Å². The van der Waals surface area contributed by atoms with E-state index in [-0.39, 0.29) is 6.03 Å². The molecule has 1 aromatic carbocycles. The molecule has 0 aliphatic rings. The Morgan fingerprint density at radius 2 is 2.07 bits per heavy atom. The molecule has 80 valence electrons. The summed E-state index contributed by atoms with van der Waals surface area (Å²) in [5.41, 5.74) is 1.19. The van der Waals surface area contributed by atoms with E-state index in [1.54, 1.807) is 0 Å². The van der Waals surface area contributed by atoms with Gasteiger partial charge >= 0.3 is 6.03 Å². The predicted molar refractivity (Wildman–Crippen MR) is 64.6 cm³/mol. The van der Waals surface area contributed by atoms with Gasteiger partial charge in [-0.15, -0.1) is 0 Å². The lowest BCUT2D eigenvalue weighted by Crippen LogP contribution is -2.33. The Labute approximate surface area is 97.7 Å². The van der Waals surface area contributed by atoms with Crippen molar-refractivity contribution in [3.8, 4) is 0 Å². The second kappa shape index (κ2) is 6.24. The molecule has 3 nitrogen and oxygen atoms in total. The summed E-state index contributed by atoms with van der Waals surface area (Å²) in [6.45, 7) is 4.01. The van der Waals surface area contributed by atoms with Crippen LogP contribution in [0.5, 0.6) is 0 Å². The standard InChI is InChI=1S/C11H13BrN2O/c1-2-13-11(15)14-8-7-9-3-5-10(12)6-4-9/h2-6H,1,7-8H2,(H2,13,14,15). The van der Waals surface area contributed by atoms with Gasteiger partial charge in [-0.25, -0.2) is 4.79 Å². The van der Waals surface area contributed by atoms with Gasteiger partial charge in [0.15, 0.2) is 0 Å². The number of hydrogen-bond acceptors (Lipinski definition) is 1.